The standard InChI is InChI=1S/C22H28O4/c1-7-16(23)20-17(24)8-14(9-18(20)25)19-12(3)11(2)15-10-22(5,6)26-21(15)13(19)4/h14,24H,7-10H2,1-6H3. The summed E-state index contributed by atoms with van der Waals surface area (Å²) in [4.78, 5) is 24.5. The second-order valence-electron chi connectivity index (χ2n) is 8.26. The monoisotopic (exact) mass is 356 g/mol. The van der Waals surface area contributed by atoms with Crippen molar-refractivity contribution >= 4 is 11.6 Å². The first kappa shape index (κ1) is 18.7. The summed E-state index contributed by atoms with van der Waals surface area (Å²) in [6.45, 7) is 12.1. The van der Waals surface area contributed by atoms with E-state index in [-0.39, 0.29) is 47.3 Å². The van der Waals surface area contributed by atoms with Gasteiger partial charge in [-0.15, -0.1) is 0 Å². The average Bonchev–Trinajstić information content (AvgIpc) is 2.88. The molecule has 1 unspecified atom stereocenters. The van der Waals surface area contributed by atoms with E-state index >= 15 is 0 Å². The molecular formula is C22H28O4. The number of fused-ring (bicyclic) bond motifs is 1. The van der Waals surface area contributed by atoms with Crippen molar-refractivity contribution in [1.29, 1.82) is 0 Å². The van der Waals surface area contributed by atoms with E-state index in [1.54, 1.807) is 6.92 Å². The van der Waals surface area contributed by atoms with Crippen LogP contribution in [0.1, 0.15) is 73.8 Å². The van der Waals surface area contributed by atoms with Gasteiger partial charge in [-0.2, -0.15) is 0 Å². The Morgan fingerprint density at radius 1 is 1.15 bits per heavy atom. The molecule has 2 aliphatic rings. The van der Waals surface area contributed by atoms with E-state index in [0.717, 1.165) is 23.3 Å². The Morgan fingerprint density at radius 2 is 1.81 bits per heavy atom. The summed E-state index contributed by atoms with van der Waals surface area (Å²) >= 11 is 0. The number of carbonyl (C=O) groups is 2. The van der Waals surface area contributed by atoms with Crippen molar-refractivity contribution in [3.05, 3.63) is 39.1 Å². The van der Waals surface area contributed by atoms with Gasteiger partial charge in [-0.3, -0.25) is 9.59 Å². The molecule has 0 aromatic heterocycles. The third-order valence-corrected chi connectivity index (χ3v) is 5.87. The van der Waals surface area contributed by atoms with Gasteiger partial charge in [0.2, 0.25) is 0 Å². The first-order chi connectivity index (χ1) is 12.1. The second-order valence-corrected chi connectivity index (χ2v) is 8.26. The molecule has 0 radical (unpaired) electrons. The van der Waals surface area contributed by atoms with Crippen LogP contribution in [0.2, 0.25) is 0 Å². The van der Waals surface area contributed by atoms with Crippen molar-refractivity contribution in [3.63, 3.8) is 0 Å². The van der Waals surface area contributed by atoms with Gasteiger partial charge in [0.05, 0.1) is 5.57 Å². The zero-order chi connectivity index (χ0) is 19.4. The topological polar surface area (TPSA) is 63.6 Å². The number of rotatable bonds is 3. The maximum absolute atomic E-state index is 12.6. The molecule has 1 heterocycles. The molecule has 1 aromatic carbocycles. The van der Waals surface area contributed by atoms with Gasteiger partial charge in [0.15, 0.2) is 11.6 Å². The summed E-state index contributed by atoms with van der Waals surface area (Å²) in [5.74, 6) is 0.237. The summed E-state index contributed by atoms with van der Waals surface area (Å²) < 4.78 is 6.21. The van der Waals surface area contributed by atoms with Gasteiger partial charge in [0, 0.05) is 31.2 Å². The number of Topliss-reactive ketones (excluding diaryl/α,β-unsaturated/α-hetero) is 2. The van der Waals surface area contributed by atoms with Crippen LogP contribution in [0.3, 0.4) is 0 Å². The average molecular weight is 356 g/mol. The van der Waals surface area contributed by atoms with Crippen molar-refractivity contribution in [2.24, 2.45) is 0 Å². The van der Waals surface area contributed by atoms with Crippen LogP contribution in [-0.4, -0.2) is 22.3 Å². The first-order valence-electron chi connectivity index (χ1n) is 9.37. The lowest BCUT2D eigenvalue weighted by Crippen LogP contribution is -2.25. The van der Waals surface area contributed by atoms with E-state index in [1.165, 1.54) is 16.7 Å². The molecular weight excluding hydrogens is 328 g/mol. The lowest BCUT2D eigenvalue weighted by Gasteiger charge is -2.28. The molecule has 0 saturated carbocycles. The van der Waals surface area contributed by atoms with Crippen molar-refractivity contribution in [2.75, 3.05) is 0 Å². The number of aliphatic hydroxyl groups is 1. The van der Waals surface area contributed by atoms with Gasteiger partial charge in [-0.25, -0.2) is 0 Å². The minimum atomic E-state index is -0.269. The minimum absolute atomic E-state index is 0.00863. The predicted molar refractivity (Wildman–Crippen MR) is 101 cm³/mol. The minimum Gasteiger partial charge on any atom is -0.511 e. The maximum Gasteiger partial charge on any atom is 0.170 e. The van der Waals surface area contributed by atoms with Crippen LogP contribution in [-0.2, 0) is 16.0 Å². The van der Waals surface area contributed by atoms with Gasteiger partial charge >= 0.3 is 0 Å². The molecule has 1 aliphatic heterocycles. The highest BCUT2D eigenvalue weighted by Gasteiger charge is 2.38. The molecule has 1 aromatic rings. The highest BCUT2D eigenvalue weighted by Crippen LogP contribution is 2.47. The molecule has 140 valence electrons. The number of allylic oxidation sites excluding steroid dienone is 2. The predicted octanol–water partition coefficient (Wildman–Crippen LogP) is 4.56. The van der Waals surface area contributed by atoms with E-state index in [0.29, 0.717) is 6.42 Å². The highest BCUT2D eigenvalue weighted by molar-refractivity contribution is 6.21. The lowest BCUT2D eigenvalue weighted by molar-refractivity contribution is -0.122. The molecule has 0 bridgehead atoms. The smallest absolute Gasteiger partial charge is 0.170 e. The van der Waals surface area contributed by atoms with Crippen LogP contribution < -0.4 is 4.74 Å². The normalized spacial score (nSPS) is 21.6. The van der Waals surface area contributed by atoms with E-state index in [2.05, 4.69) is 27.7 Å². The van der Waals surface area contributed by atoms with Crippen molar-refractivity contribution in [2.45, 2.75) is 78.7 Å². The van der Waals surface area contributed by atoms with Gasteiger partial charge in [0.25, 0.3) is 0 Å². The van der Waals surface area contributed by atoms with Crippen molar-refractivity contribution in [3.8, 4) is 5.75 Å². The molecule has 0 fully saturated rings. The van der Waals surface area contributed by atoms with Crippen LogP contribution >= 0.6 is 0 Å². The summed E-state index contributed by atoms with van der Waals surface area (Å²) in [6.07, 6.45) is 1.69. The fraction of sp³-hybridized carbons (Fsp3) is 0.545. The third-order valence-electron chi connectivity index (χ3n) is 5.87. The van der Waals surface area contributed by atoms with Gasteiger partial charge in [-0.05, 0) is 62.8 Å². The number of benzene rings is 1. The SMILES string of the molecule is CCC(=O)C1=C(O)CC(c2c(C)c(C)c3c(c2C)OC(C)(C)C3)CC1=O. The highest BCUT2D eigenvalue weighted by atomic mass is 16.5. The quantitative estimate of drug-likeness (QED) is 0.806. The third kappa shape index (κ3) is 2.85. The number of ketones is 2. The number of aliphatic hydroxyl groups excluding tert-OH is 1. The van der Waals surface area contributed by atoms with E-state index in [4.69, 9.17) is 4.74 Å². The molecule has 4 heteroatoms. The molecule has 4 nitrogen and oxygen atoms in total. The fourth-order valence-electron chi connectivity index (χ4n) is 4.52. The number of ether oxygens (including phenoxy) is 1. The Morgan fingerprint density at radius 3 is 2.38 bits per heavy atom. The van der Waals surface area contributed by atoms with Gasteiger partial charge in [-0.1, -0.05) is 6.92 Å². The number of hydrogen-bond donors (Lipinski definition) is 1. The Labute approximate surface area is 155 Å². The van der Waals surface area contributed by atoms with Gasteiger partial charge < -0.3 is 9.84 Å². The zero-order valence-electron chi connectivity index (χ0n) is 16.6. The van der Waals surface area contributed by atoms with Crippen molar-refractivity contribution in [1.82, 2.24) is 0 Å². The molecule has 1 N–H and O–H groups in total. The molecule has 26 heavy (non-hydrogen) atoms. The van der Waals surface area contributed by atoms with Crippen LogP contribution in [0.5, 0.6) is 5.75 Å². The van der Waals surface area contributed by atoms with Crippen LogP contribution in [0.25, 0.3) is 0 Å². The zero-order valence-corrected chi connectivity index (χ0v) is 16.6. The molecule has 0 saturated heterocycles. The Hall–Kier alpha value is -2.10. The van der Waals surface area contributed by atoms with Crippen molar-refractivity contribution < 1.29 is 19.4 Å². The molecule has 3 rings (SSSR count). The number of carbonyl (C=O) groups excluding carboxylic acids is 2. The fourth-order valence-corrected chi connectivity index (χ4v) is 4.52. The Kier molecular flexibility index (Phi) is 4.50. The van der Waals surface area contributed by atoms with E-state index in [1.807, 2.05) is 6.92 Å². The first-order valence-corrected chi connectivity index (χ1v) is 9.37. The Bertz CT molecular complexity index is 842. The van der Waals surface area contributed by atoms with Crippen LogP contribution in [0.4, 0.5) is 0 Å². The number of hydrogen-bond acceptors (Lipinski definition) is 4. The maximum atomic E-state index is 12.6. The molecule has 1 atom stereocenters. The van der Waals surface area contributed by atoms with E-state index in [9.17, 15) is 14.7 Å². The summed E-state index contributed by atoms with van der Waals surface area (Å²) in [5.41, 5.74) is 5.54. The molecule has 1 aliphatic carbocycles. The molecule has 0 amide bonds. The largest absolute Gasteiger partial charge is 0.511 e. The van der Waals surface area contributed by atoms with Crippen LogP contribution in [0.15, 0.2) is 11.3 Å². The van der Waals surface area contributed by atoms with Crippen LogP contribution in [0, 0.1) is 20.8 Å². The van der Waals surface area contributed by atoms with E-state index < -0.39 is 0 Å². The molecule has 0 spiro atoms. The Balaban J connectivity index is 2.08. The van der Waals surface area contributed by atoms with Gasteiger partial charge in [0.1, 0.15) is 17.1 Å². The summed E-state index contributed by atoms with van der Waals surface area (Å²) in [7, 11) is 0. The second kappa shape index (κ2) is 6.26. The summed E-state index contributed by atoms with van der Waals surface area (Å²) in [6, 6.07) is 0. The lowest BCUT2D eigenvalue weighted by atomic mass is 9.76. The summed E-state index contributed by atoms with van der Waals surface area (Å²) in [5, 5.41) is 10.4.